The highest BCUT2D eigenvalue weighted by Gasteiger charge is 2.17. The average molecular weight is 412 g/mol. The summed E-state index contributed by atoms with van der Waals surface area (Å²) in [5.74, 6) is 0.560. The second kappa shape index (κ2) is 9.13. The molecule has 0 radical (unpaired) electrons. The quantitative estimate of drug-likeness (QED) is 0.460. The number of carbonyl (C=O) groups excluding carboxylic acids is 1. The fraction of sp³-hybridized carbons (Fsp3) is 0.318. The number of rotatable bonds is 7. The summed E-state index contributed by atoms with van der Waals surface area (Å²) in [6, 6.07) is 12.9. The number of anilines is 1. The first-order valence-corrected chi connectivity index (χ1v) is 10.5. The number of aryl methyl sites for hydroxylation is 1. The molecule has 0 aliphatic carbocycles. The van der Waals surface area contributed by atoms with Gasteiger partial charge in [-0.3, -0.25) is 14.2 Å². The van der Waals surface area contributed by atoms with Gasteiger partial charge in [0, 0.05) is 6.04 Å². The van der Waals surface area contributed by atoms with E-state index in [-0.39, 0.29) is 23.3 Å². The van der Waals surface area contributed by atoms with Gasteiger partial charge in [0.15, 0.2) is 5.16 Å². The van der Waals surface area contributed by atoms with Gasteiger partial charge in [-0.1, -0.05) is 36.9 Å². The summed E-state index contributed by atoms with van der Waals surface area (Å²) in [6.07, 6.45) is 0.792. The molecule has 0 spiro atoms. The number of aromatic nitrogens is 2. The Balaban J connectivity index is 1.85. The van der Waals surface area contributed by atoms with E-state index in [1.54, 1.807) is 17.7 Å². The summed E-state index contributed by atoms with van der Waals surface area (Å²) in [7, 11) is 1.57. The highest BCUT2D eigenvalue weighted by atomic mass is 32.2. The van der Waals surface area contributed by atoms with Crippen molar-refractivity contribution in [3.8, 4) is 5.75 Å². The molecule has 6 nitrogen and oxygen atoms in total. The Kier molecular flexibility index (Phi) is 6.59. The number of hydrogen-bond donors (Lipinski definition) is 1. The summed E-state index contributed by atoms with van der Waals surface area (Å²) < 4.78 is 7.00. The van der Waals surface area contributed by atoms with Crippen molar-refractivity contribution in [2.45, 2.75) is 38.4 Å². The number of nitrogens with zero attached hydrogens (tertiary/aromatic N) is 2. The van der Waals surface area contributed by atoms with Gasteiger partial charge >= 0.3 is 0 Å². The fourth-order valence-electron chi connectivity index (χ4n) is 3.03. The molecular weight excluding hydrogens is 386 g/mol. The number of fused-ring (bicyclic) bond motifs is 1. The first-order chi connectivity index (χ1) is 13.9. The molecule has 3 aromatic rings. The Bertz CT molecular complexity index is 1090. The summed E-state index contributed by atoms with van der Waals surface area (Å²) >= 11 is 1.26. The Hall–Kier alpha value is -2.80. The lowest BCUT2D eigenvalue weighted by Crippen LogP contribution is -2.26. The third-order valence-electron chi connectivity index (χ3n) is 4.77. The molecule has 0 aliphatic heterocycles. The van der Waals surface area contributed by atoms with E-state index in [0.717, 1.165) is 12.0 Å². The molecular formula is C22H25N3O3S. The highest BCUT2D eigenvalue weighted by molar-refractivity contribution is 7.99. The van der Waals surface area contributed by atoms with Gasteiger partial charge in [-0.05, 0) is 50.1 Å². The molecule has 1 atom stereocenters. The van der Waals surface area contributed by atoms with Gasteiger partial charge in [0.2, 0.25) is 5.91 Å². The zero-order chi connectivity index (χ0) is 21.0. The molecule has 0 saturated carbocycles. The Morgan fingerprint density at radius 1 is 1.28 bits per heavy atom. The van der Waals surface area contributed by atoms with Crippen LogP contribution < -0.4 is 15.6 Å². The molecule has 0 aliphatic rings. The summed E-state index contributed by atoms with van der Waals surface area (Å²) in [6.45, 7) is 5.96. The first-order valence-electron chi connectivity index (χ1n) is 9.53. The highest BCUT2D eigenvalue weighted by Crippen LogP contribution is 2.26. The molecule has 0 unspecified atom stereocenters. The van der Waals surface area contributed by atoms with Crippen molar-refractivity contribution in [1.29, 1.82) is 0 Å². The van der Waals surface area contributed by atoms with E-state index in [4.69, 9.17) is 4.74 Å². The molecule has 29 heavy (non-hydrogen) atoms. The number of amides is 1. The van der Waals surface area contributed by atoms with Gasteiger partial charge in [0.25, 0.3) is 5.56 Å². The lowest BCUT2D eigenvalue weighted by molar-refractivity contribution is -0.113. The van der Waals surface area contributed by atoms with E-state index in [1.165, 1.54) is 11.8 Å². The molecule has 0 saturated heterocycles. The van der Waals surface area contributed by atoms with Crippen LogP contribution in [0.15, 0.2) is 52.4 Å². The minimum atomic E-state index is -0.183. The molecule has 1 amide bonds. The number of nitrogens with one attached hydrogen (secondary N) is 1. The van der Waals surface area contributed by atoms with Crippen LogP contribution in [0.3, 0.4) is 0 Å². The third-order valence-corrected chi connectivity index (χ3v) is 5.72. The minimum Gasteiger partial charge on any atom is -0.495 e. The zero-order valence-electron chi connectivity index (χ0n) is 17.1. The largest absolute Gasteiger partial charge is 0.495 e. The summed E-state index contributed by atoms with van der Waals surface area (Å²) in [5.41, 5.74) is 2.22. The summed E-state index contributed by atoms with van der Waals surface area (Å²) in [5, 5.41) is 4.03. The maximum Gasteiger partial charge on any atom is 0.262 e. The molecule has 3 rings (SSSR count). The van der Waals surface area contributed by atoms with Gasteiger partial charge in [-0.2, -0.15) is 0 Å². The predicted octanol–water partition coefficient (Wildman–Crippen LogP) is 4.42. The fourth-order valence-corrected chi connectivity index (χ4v) is 3.93. The topological polar surface area (TPSA) is 73.2 Å². The van der Waals surface area contributed by atoms with Crippen molar-refractivity contribution >= 4 is 34.3 Å². The SMILES string of the molecule is CC[C@@H](C)n1c(SCC(=O)Nc2cc(C)ccc2OC)nc2ccccc2c1=O. The number of carbonyl (C=O) groups is 1. The van der Waals surface area contributed by atoms with E-state index in [1.807, 2.05) is 57.2 Å². The molecule has 0 fully saturated rings. The smallest absolute Gasteiger partial charge is 0.262 e. The van der Waals surface area contributed by atoms with Crippen molar-refractivity contribution in [1.82, 2.24) is 9.55 Å². The molecule has 2 aromatic carbocycles. The molecule has 1 aromatic heterocycles. The second-order valence-electron chi connectivity index (χ2n) is 6.88. The van der Waals surface area contributed by atoms with E-state index < -0.39 is 0 Å². The van der Waals surface area contributed by atoms with Crippen LogP contribution >= 0.6 is 11.8 Å². The number of ether oxygens (including phenoxy) is 1. The van der Waals surface area contributed by atoms with Crippen LogP contribution in [0.1, 0.15) is 31.9 Å². The minimum absolute atomic E-state index is 0.0120. The van der Waals surface area contributed by atoms with Crippen LogP contribution in [-0.2, 0) is 4.79 Å². The van der Waals surface area contributed by atoms with Crippen LogP contribution in [0.5, 0.6) is 5.75 Å². The monoisotopic (exact) mass is 411 g/mol. The maximum atomic E-state index is 13.0. The van der Waals surface area contributed by atoms with Crippen molar-refractivity contribution in [3.05, 3.63) is 58.4 Å². The van der Waals surface area contributed by atoms with E-state index in [9.17, 15) is 9.59 Å². The Labute approximate surface area is 174 Å². The first kappa shape index (κ1) is 20.9. The molecule has 7 heteroatoms. The van der Waals surface area contributed by atoms with Gasteiger partial charge in [0.1, 0.15) is 5.75 Å². The van der Waals surface area contributed by atoms with Crippen LogP contribution in [0.2, 0.25) is 0 Å². The predicted molar refractivity (Wildman–Crippen MR) is 118 cm³/mol. The van der Waals surface area contributed by atoms with Crippen molar-refractivity contribution < 1.29 is 9.53 Å². The Morgan fingerprint density at radius 3 is 2.76 bits per heavy atom. The van der Waals surface area contributed by atoms with E-state index in [2.05, 4.69) is 10.3 Å². The van der Waals surface area contributed by atoms with E-state index in [0.29, 0.717) is 27.5 Å². The van der Waals surface area contributed by atoms with Crippen molar-refractivity contribution in [2.75, 3.05) is 18.2 Å². The molecule has 0 bridgehead atoms. The van der Waals surface area contributed by atoms with Gasteiger partial charge in [0.05, 0.1) is 29.5 Å². The normalized spacial score (nSPS) is 12.0. The molecule has 152 valence electrons. The molecule has 1 N–H and O–H groups in total. The van der Waals surface area contributed by atoms with E-state index >= 15 is 0 Å². The number of thioether (sulfide) groups is 1. The number of para-hydroxylation sites is 1. The van der Waals surface area contributed by atoms with Gasteiger partial charge in [-0.15, -0.1) is 0 Å². The van der Waals surface area contributed by atoms with Crippen LogP contribution in [-0.4, -0.2) is 28.3 Å². The maximum absolute atomic E-state index is 13.0. The number of hydrogen-bond acceptors (Lipinski definition) is 5. The average Bonchev–Trinajstić information content (AvgIpc) is 2.72. The van der Waals surface area contributed by atoms with Crippen molar-refractivity contribution in [3.63, 3.8) is 0 Å². The van der Waals surface area contributed by atoms with Gasteiger partial charge < -0.3 is 10.1 Å². The van der Waals surface area contributed by atoms with Crippen LogP contribution in [0.25, 0.3) is 10.9 Å². The second-order valence-corrected chi connectivity index (χ2v) is 7.83. The number of methoxy groups -OCH3 is 1. The lowest BCUT2D eigenvalue weighted by atomic mass is 10.2. The number of benzene rings is 2. The van der Waals surface area contributed by atoms with Crippen molar-refractivity contribution in [2.24, 2.45) is 0 Å². The summed E-state index contributed by atoms with van der Waals surface area (Å²) in [4.78, 5) is 30.2. The lowest BCUT2D eigenvalue weighted by Gasteiger charge is -2.18. The van der Waals surface area contributed by atoms with Gasteiger partial charge in [-0.25, -0.2) is 4.98 Å². The Morgan fingerprint density at radius 2 is 2.03 bits per heavy atom. The van der Waals surface area contributed by atoms with Crippen LogP contribution in [0.4, 0.5) is 5.69 Å². The van der Waals surface area contributed by atoms with Crippen LogP contribution in [0, 0.1) is 6.92 Å². The zero-order valence-corrected chi connectivity index (χ0v) is 17.9. The standard InChI is InChI=1S/C22H25N3O3S/c1-5-15(3)25-21(27)16-8-6-7-9-17(16)24-22(25)29-13-20(26)23-18-12-14(2)10-11-19(18)28-4/h6-12,15H,5,13H2,1-4H3,(H,23,26)/t15-/m1/s1. The molecule has 1 heterocycles. The third kappa shape index (κ3) is 4.62.